The summed E-state index contributed by atoms with van der Waals surface area (Å²) in [6.45, 7) is 1.05. The van der Waals surface area contributed by atoms with Gasteiger partial charge in [0.1, 0.15) is 22.3 Å². The normalized spacial score (nSPS) is 20.8. The van der Waals surface area contributed by atoms with Crippen molar-refractivity contribution in [1.29, 1.82) is 5.26 Å². The summed E-state index contributed by atoms with van der Waals surface area (Å²) in [4.78, 5) is 24.1. The molecule has 2 fully saturated rings. The maximum absolute atomic E-state index is 11.5. The van der Waals surface area contributed by atoms with Gasteiger partial charge < -0.3 is 19.2 Å². The van der Waals surface area contributed by atoms with E-state index < -0.39 is 6.09 Å². The van der Waals surface area contributed by atoms with Crippen LogP contribution in [0.4, 0.5) is 10.8 Å². The summed E-state index contributed by atoms with van der Waals surface area (Å²) in [5.74, 6) is 0.528. The average molecular weight is 411 g/mol. The van der Waals surface area contributed by atoms with Gasteiger partial charge in [0.2, 0.25) is 0 Å². The largest absolute Gasteiger partial charge is 0.479 e. The van der Waals surface area contributed by atoms with Crippen LogP contribution in [0.3, 0.4) is 0 Å². The van der Waals surface area contributed by atoms with Gasteiger partial charge in [-0.2, -0.15) is 10.2 Å². The summed E-state index contributed by atoms with van der Waals surface area (Å²) in [7, 11) is 0. The predicted octanol–water partition coefficient (Wildman–Crippen LogP) is 3.18. The van der Waals surface area contributed by atoms with E-state index >= 15 is 0 Å². The van der Waals surface area contributed by atoms with Gasteiger partial charge in [0.25, 0.3) is 6.01 Å². The standard InChI is InChI=1S/C19H17N5O4S/c20-3-5-27-13-7-14(17-21-4-6-29-17)16-15(8-13)22-18(28-16)23-9-11-1-2-12(10-23)24(11)19(25)26/h4,6-8,11-12H,1-2,5,9-10H2,(H,25,26). The lowest BCUT2D eigenvalue weighted by Crippen LogP contribution is -2.55. The molecule has 2 aromatic heterocycles. The van der Waals surface area contributed by atoms with Crippen molar-refractivity contribution >= 4 is 34.5 Å². The predicted molar refractivity (Wildman–Crippen MR) is 105 cm³/mol. The number of nitrogens with zero attached hydrogens (tertiary/aromatic N) is 5. The van der Waals surface area contributed by atoms with Crippen LogP contribution in [0.5, 0.6) is 5.75 Å². The number of oxazole rings is 1. The highest BCUT2D eigenvalue weighted by molar-refractivity contribution is 7.13. The van der Waals surface area contributed by atoms with Gasteiger partial charge in [-0.3, -0.25) is 4.90 Å². The van der Waals surface area contributed by atoms with Gasteiger partial charge in [-0.25, -0.2) is 9.78 Å². The third kappa shape index (κ3) is 3.03. The Kier molecular flexibility index (Phi) is 4.24. The van der Waals surface area contributed by atoms with E-state index in [2.05, 4.69) is 9.97 Å². The second kappa shape index (κ2) is 6.93. The van der Waals surface area contributed by atoms with Crippen molar-refractivity contribution in [3.05, 3.63) is 23.7 Å². The minimum Gasteiger partial charge on any atom is -0.479 e. The first-order chi connectivity index (χ1) is 14.1. The Labute approximate surface area is 169 Å². The number of amides is 1. The molecule has 0 radical (unpaired) electrons. The number of fused-ring (bicyclic) bond motifs is 3. The Balaban J connectivity index is 1.53. The molecule has 4 heterocycles. The van der Waals surface area contributed by atoms with Crippen LogP contribution < -0.4 is 9.64 Å². The molecule has 3 aromatic rings. The summed E-state index contributed by atoms with van der Waals surface area (Å²) in [6.07, 6.45) is 2.56. The highest BCUT2D eigenvalue weighted by Gasteiger charge is 2.43. The fraction of sp³-hybridized carbons (Fsp3) is 0.368. The lowest BCUT2D eigenvalue weighted by atomic mass is 10.2. The Morgan fingerprint density at radius 3 is 2.83 bits per heavy atom. The van der Waals surface area contributed by atoms with Gasteiger partial charge in [0, 0.05) is 30.7 Å². The number of benzene rings is 1. The molecule has 1 aromatic carbocycles. The Morgan fingerprint density at radius 1 is 1.38 bits per heavy atom. The summed E-state index contributed by atoms with van der Waals surface area (Å²) < 4.78 is 11.6. The molecular formula is C19H17N5O4S. The molecule has 5 rings (SSSR count). The van der Waals surface area contributed by atoms with Gasteiger partial charge in [0.05, 0.1) is 17.6 Å². The van der Waals surface area contributed by atoms with E-state index in [1.165, 1.54) is 11.3 Å². The molecule has 2 aliphatic rings. The first kappa shape index (κ1) is 17.8. The highest BCUT2D eigenvalue weighted by atomic mass is 32.1. The second-order valence-corrected chi connectivity index (χ2v) is 7.97. The fourth-order valence-corrected chi connectivity index (χ4v) is 4.87. The number of carbonyl (C=O) groups is 1. The SMILES string of the molecule is N#CCOc1cc(-c2nccs2)c2oc(N3CC4CCC(C3)N4C(=O)O)nc2c1. The molecule has 2 atom stereocenters. The number of thiazole rings is 1. The van der Waals surface area contributed by atoms with Gasteiger partial charge >= 0.3 is 6.09 Å². The quantitative estimate of drug-likeness (QED) is 0.696. The number of nitriles is 1. The third-order valence-electron chi connectivity index (χ3n) is 5.39. The molecule has 2 bridgehead atoms. The molecular weight excluding hydrogens is 394 g/mol. The smallest absolute Gasteiger partial charge is 0.407 e. The number of aromatic nitrogens is 2. The van der Waals surface area contributed by atoms with Crippen molar-refractivity contribution in [2.45, 2.75) is 24.9 Å². The lowest BCUT2D eigenvalue weighted by Gasteiger charge is -2.38. The molecule has 148 valence electrons. The van der Waals surface area contributed by atoms with Crippen LogP contribution in [-0.4, -0.2) is 57.8 Å². The molecule has 1 N–H and O–H groups in total. The molecule has 2 saturated heterocycles. The molecule has 10 heteroatoms. The summed E-state index contributed by atoms with van der Waals surface area (Å²) in [6, 6.07) is 5.89. The van der Waals surface area contributed by atoms with E-state index in [-0.39, 0.29) is 18.7 Å². The van der Waals surface area contributed by atoms with Crippen molar-refractivity contribution in [3.8, 4) is 22.4 Å². The van der Waals surface area contributed by atoms with Gasteiger partial charge in [-0.1, -0.05) is 0 Å². The van der Waals surface area contributed by atoms with E-state index in [0.29, 0.717) is 36.0 Å². The van der Waals surface area contributed by atoms with Crippen LogP contribution in [0.25, 0.3) is 21.7 Å². The summed E-state index contributed by atoms with van der Waals surface area (Å²) in [5, 5.41) is 20.9. The van der Waals surface area contributed by atoms with E-state index in [1.807, 2.05) is 16.3 Å². The minimum atomic E-state index is -0.861. The van der Waals surface area contributed by atoms with E-state index in [9.17, 15) is 9.90 Å². The zero-order chi connectivity index (χ0) is 20.0. The first-order valence-corrected chi connectivity index (χ1v) is 10.1. The zero-order valence-corrected chi connectivity index (χ0v) is 16.1. The van der Waals surface area contributed by atoms with Crippen LogP contribution >= 0.6 is 11.3 Å². The van der Waals surface area contributed by atoms with Crippen LogP contribution in [0, 0.1) is 11.3 Å². The topological polar surface area (TPSA) is 116 Å². The molecule has 0 saturated carbocycles. The Hall–Kier alpha value is -3.32. The Morgan fingerprint density at radius 2 is 2.17 bits per heavy atom. The van der Waals surface area contributed by atoms with Crippen molar-refractivity contribution in [2.75, 3.05) is 24.6 Å². The van der Waals surface area contributed by atoms with Crippen molar-refractivity contribution in [3.63, 3.8) is 0 Å². The maximum atomic E-state index is 11.5. The monoisotopic (exact) mass is 411 g/mol. The lowest BCUT2D eigenvalue weighted by molar-refractivity contribution is 0.114. The van der Waals surface area contributed by atoms with Crippen molar-refractivity contribution in [1.82, 2.24) is 14.9 Å². The van der Waals surface area contributed by atoms with E-state index in [4.69, 9.17) is 14.4 Å². The van der Waals surface area contributed by atoms with Crippen molar-refractivity contribution < 1.29 is 19.1 Å². The highest BCUT2D eigenvalue weighted by Crippen LogP contribution is 2.38. The third-order valence-corrected chi connectivity index (χ3v) is 6.20. The van der Waals surface area contributed by atoms with Crippen LogP contribution in [0.2, 0.25) is 0 Å². The molecule has 29 heavy (non-hydrogen) atoms. The number of anilines is 1. The van der Waals surface area contributed by atoms with Crippen LogP contribution in [0.1, 0.15) is 12.8 Å². The van der Waals surface area contributed by atoms with Gasteiger partial charge in [0.15, 0.2) is 12.2 Å². The number of hydrogen-bond acceptors (Lipinski definition) is 8. The van der Waals surface area contributed by atoms with Gasteiger partial charge in [-0.15, -0.1) is 11.3 Å². The molecule has 2 aliphatic heterocycles. The van der Waals surface area contributed by atoms with E-state index in [1.54, 1.807) is 23.2 Å². The van der Waals surface area contributed by atoms with E-state index in [0.717, 1.165) is 23.4 Å². The number of piperazine rings is 1. The maximum Gasteiger partial charge on any atom is 0.407 e. The molecule has 1 amide bonds. The first-order valence-electron chi connectivity index (χ1n) is 9.24. The number of carboxylic acid groups (broad SMARTS) is 1. The van der Waals surface area contributed by atoms with Gasteiger partial charge in [-0.05, 0) is 18.9 Å². The number of ether oxygens (including phenoxy) is 1. The summed E-state index contributed by atoms with van der Waals surface area (Å²) >= 11 is 1.48. The average Bonchev–Trinajstić information content (AvgIpc) is 3.43. The fourth-order valence-electron chi connectivity index (χ4n) is 4.22. The Bertz CT molecular complexity index is 1090. The van der Waals surface area contributed by atoms with Crippen LogP contribution in [0.15, 0.2) is 28.1 Å². The molecule has 0 spiro atoms. The molecule has 0 aliphatic carbocycles. The second-order valence-electron chi connectivity index (χ2n) is 7.08. The number of rotatable bonds is 4. The minimum absolute atomic E-state index is 0.0470. The zero-order valence-electron chi connectivity index (χ0n) is 15.3. The summed E-state index contributed by atoms with van der Waals surface area (Å²) in [5.41, 5.74) is 1.98. The number of hydrogen-bond donors (Lipinski definition) is 1. The van der Waals surface area contributed by atoms with Crippen molar-refractivity contribution in [2.24, 2.45) is 0 Å². The molecule has 2 unspecified atom stereocenters. The van der Waals surface area contributed by atoms with Crippen LogP contribution in [-0.2, 0) is 0 Å². The molecule has 9 nitrogen and oxygen atoms in total.